The zero-order valence-corrected chi connectivity index (χ0v) is 13.9. The quantitative estimate of drug-likeness (QED) is 0.602. The number of rotatable bonds is 7. The van der Waals surface area contributed by atoms with Crippen LogP contribution in [0.1, 0.15) is 30.3 Å². The fraction of sp³-hybridized carbons (Fsp3) is 0.333. The molecule has 0 aliphatic rings. The Bertz CT molecular complexity index is 880. The van der Waals surface area contributed by atoms with E-state index >= 15 is 0 Å². The molecule has 0 saturated carbocycles. The maximum Gasteiger partial charge on any atom is 0.359 e. The van der Waals surface area contributed by atoms with Crippen LogP contribution in [0.15, 0.2) is 29.1 Å². The molecular formula is C18H19N3O4. The predicted octanol–water partition coefficient (Wildman–Crippen LogP) is 1.10. The molecule has 1 heterocycles. The molecule has 0 atom stereocenters. The lowest BCUT2D eigenvalue weighted by Crippen LogP contribution is -2.30. The van der Waals surface area contributed by atoms with Crippen LogP contribution in [0.3, 0.4) is 0 Å². The number of carbonyl (C=O) groups is 2. The van der Waals surface area contributed by atoms with Gasteiger partial charge in [0.05, 0.1) is 11.9 Å². The number of carbonyl (C=O) groups excluding carboxylic acids is 2. The van der Waals surface area contributed by atoms with Crippen molar-refractivity contribution in [1.29, 1.82) is 0 Å². The molecule has 0 fully saturated rings. The standard InChI is InChI=1S/C18H19N3O4/c1-3-5-11-21-17(23)14-9-7-6-8-13(14)16(20-21)18(24)25-12-15(22)19-10-4-2/h2,6-9H,3,5,10-12H2,1H3,(H,19,22). The molecule has 2 aromatic rings. The van der Waals surface area contributed by atoms with E-state index < -0.39 is 18.5 Å². The van der Waals surface area contributed by atoms with Crippen LogP contribution in [0.5, 0.6) is 0 Å². The SMILES string of the molecule is C#CCNC(=O)COC(=O)c1nn(CCCC)c(=O)c2ccccc12. The number of benzene rings is 1. The number of aryl methyl sites for hydroxylation is 1. The van der Waals surface area contributed by atoms with Gasteiger partial charge in [-0.05, 0) is 12.5 Å². The largest absolute Gasteiger partial charge is 0.451 e. The third kappa shape index (κ3) is 4.44. The number of unbranched alkanes of at least 4 members (excludes halogenated alkanes) is 1. The van der Waals surface area contributed by atoms with Gasteiger partial charge in [-0.2, -0.15) is 5.10 Å². The van der Waals surface area contributed by atoms with E-state index in [1.165, 1.54) is 4.68 Å². The van der Waals surface area contributed by atoms with Crippen molar-refractivity contribution < 1.29 is 14.3 Å². The third-order valence-electron chi connectivity index (χ3n) is 3.51. The van der Waals surface area contributed by atoms with E-state index in [1.54, 1.807) is 24.3 Å². The lowest BCUT2D eigenvalue weighted by atomic mass is 10.1. The Morgan fingerprint density at radius 2 is 2.04 bits per heavy atom. The molecule has 0 aliphatic carbocycles. The van der Waals surface area contributed by atoms with Crippen LogP contribution in [0.2, 0.25) is 0 Å². The van der Waals surface area contributed by atoms with Crippen LogP contribution >= 0.6 is 0 Å². The molecule has 7 nitrogen and oxygen atoms in total. The fourth-order valence-corrected chi connectivity index (χ4v) is 2.25. The minimum absolute atomic E-state index is 0.0102. The van der Waals surface area contributed by atoms with Crippen LogP contribution < -0.4 is 10.9 Å². The minimum atomic E-state index is -0.766. The summed E-state index contributed by atoms with van der Waals surface area (Å²) in [6.45, 7) is 1.99. The summed E-state index contributed by atoms with van der Waals surface area (Å²) >= 11 is 0. The first kappa shape index (κ1) is 18.2. The summed E-state index contributed by atoms with van der Waals surface area (Å²) < 4.78 is 6.26. The van der Waals surface area contributed by atoms with Gasteiger partial charge in [0.15, 0.2) is 12.3 Å². The molecule has 0 spiro atoms. The van der Waals surface area contributed by atoms with Crippen molar-refractivity contribution in [3.05, 3.63) is 40.3 Å². The lowest BCUT2D eigenvalue weighted by molar-refractivity contribution is -0.123. The number of terminal acetylenes is 1. The molecule has 2 rings (SSSR count). The van der Waals surface area contributed by atoms with E-state index in [1.807, 2.05) is 6.92 Å². The Morgan fingerprint density at radius 3 is 2.72 bits per heavy atom. The highest BCUT2D eigenvalue weighted by molar-refractivity contribution is 6.02. The van der Waals surface area contributed by atoms with E-state index in [2.05, 4.69) is 16.3 Å². The molecule has 1 aromatic heterocycles. The minimum Gasteiger partial charge on any atom is -0.451 e. The van der Waals surface area contributed by atoms with E-state index in [0.29, 0.717) is 17.3 Å². The van der Waals surface area contributed by atoms with Crippen LogP contribution in [-0.4, -0.2) is 34.8 Å². The second-order valence-corrected chi connectivity index (χ2v) is 5.33. The van der Waals surface area contributed by atoms with Gasteiger partial charge >= 0.3 is 5.97 Å². The third-order valence-corrected chi connectivity index (χ3v) is 3.51. The van der Waals surface area contributed by atoms with Crippen molar-refractivity contribution in [2.45, 2.75) is 26.3 Å². The Hall–Kier alpha value is -3.14. The van der Waals surface area contributed by atoms with Gasteiger partial charge in [-0.1, -0.05) is 37.5 Å². The second kappa shape index (κ2) is 8.64. The van der Waals surface area contributed by atoms with Crippen LogP contribution in [-0.2, 0) is 16.1 Å². The molecule has 0 unspecified atom stereocenters. The zero-order valence-electron chi connectivity index (χ0n) is 13.9. The number of esters is 1. The van der Waals surface area contributed by atoms with E-state index in [0.717, 1.165) is 12.8 Å². The topological polar surface area (TPSA) is 90.3 Å². The Labute approximate surface area is 145 Å². The fourth-order valence-electron chi connectivity index (χ4n) is 2.25. The maximum absolute atomic E-state index is 12.5. The maximum atomic E-state index is 12.5. The first-order chi connectivity index (χ1) is 12.1. The summed E-state index contributed by atoms with van der Waals surface area (Å²) in [7, 11) is 0. The van der Waals surface area contributed by atoms with Crippen molar-refractivity contribution >= 4 is 22.6 Å². The van der Waals surface area contributed by atoms with Gasteiger partial charge < -0.3 is 10.1 Å². The first-order valence-electron chi connectivity index (χ1n) is 7.95. The summed E-state index contributed by atoms with van der Waals surface area (Å²) in [4.78, 5) is 36.3. The monoisotopic (exact) mass is 341 g/mol. The van der Waals surface area contributed by atoms with Crippen LogP contribution in [0.4, 0.5) is 0 Å². The van der Waals surface area contributed by atoms with Crippen LogP contribution in [0.25, 0.3) is 10.8 Å². The highest BCUT2D eigenvalue weighted by atomic mass is 16.5. The molecule has 1 amide bonds. The highest BCUT2D eigenvalue weighted by Gasteiger charge is 2.18. The van der Waals surface area contributed by atoms with E-state index in [4.69, 9.17) is 11.2 Å². The molecule has 0 bridgehead atoms. The van der Waals surface area contributed by atoms with E-state index in [-0.39, 0.29) is 17.8 Å². The summed E-state index contributed by atoms with van der Waals surface area (Å²) in [5, 5.41) is 7.32. The Balaban J connectivity index is 2.31. The number of nitrogens with zero attached hydrogens (tertiary/aromatic N) is 2. The Morgan fingerprint density at radius 1 is 1.32 bits per heavy atom. The molecule has 1 N–H and O–H groups in total. The molecule has 1 aromatic carbocycles. The number of amides is 1. The molecule has 130 valence electrons. The van der Waals surface area contributed by atoms with Gasteiger partial charge in [0.1, 0.15) is 0 Å². The van der Waals surface area contributed by atoms with Crippen LogP contribution in [0, 0.1) is 12.3 Å². The number of aromatic nitrogens is 2. The normalized spacial score (nSPS) is 10.2. The average Bonchev–Trinajstić information content (AvgIpc) is 2.64. The number of hydrogen-bond acceptors (Lipinski definition) is 5. The number of ether oxygens (including phenoxy) is 1. The molecule has 0 saturated heterocycles. The molecule has 0 aliphatic heterocycles. The molecule has 7 heteroatoms. The second-order valence-electron chi connectivity index (χ2n) is 5.33. The van der Waals surface area contributed by atoms with Gasteiger partial charge in [-0.3, -0.25) is 9.59 Å². The van der Waals surface area contributed by atoms with Crippen molar-refractivity contribution in [3.63, 3.8) is 0 Å². The smallest absolute Gasteiger partial charge is 0.359 e. The van der Waals surface area contributed by atoms with Gasteiger partial charge in [-0.15, -0.1) is 6.42 Å². The molecular weight excluding hydrogens is 322 g/mol. The summed E-state index contributed by atoms with van der Waals surface area (Å²) in [6, 6.07) is 6.69. The van der Waals surface area contributed by atoms with Gasteiger partial charge in [0.25, 0.3) is 11.5 Å². The first-order valence-corrected chi connectivity index (χ1v) is 7.95. The zero-order chi connectivity index (χ0) is 18.2. The van der Waals surface area contributed by atoms with Crippen molar-refractivity contribution in [2.75, 3.05) is 13.2 Å². The van der Waals surface area contributed by atoms with Crippen molar-refractivity contribution in [3.8, 4) is 12.3 Å². The molecule has 25 heavy (non-hydrogen) atoms. The predicted molar refractivity (Wildman–Crippen MR) is 93.0 cm³/mol. The highest BCUT2D eigenvalue weighted by Crippen LogP contribution is 2.14. The van der Waals surface area contributed by atoms with Crippen molar-refractivity contribution in [1.82, 2.24) is 15.1 Å². The van der Waals surface area contributed by atoms with E-state index in [9.17, 15) is 14.4 Å². The number of fused-ring (bicyclic) bond motifs is 1. The van der Waals surface area contributed by atoms with Crippen molar-refractivity contribution in [2.24, 2.45) is 0 Å². The van der Waals surface area contributed by atoms with Gasteiger partial charge in [-0.25, -0.2) is 9.48 Å². The summed E-state index contributed by atoms with van der Waals surface area (Å²) in [5.74, 6) is 0.981. The summed E-state index contributed by atoms with van der Waals surface area (Å²) in [6.07, 6.45) is 6.69. The Kier molecular flexibility index (Phi) is 6.29. The molecule has 0 radical (unpaired) electrons. The average molecular weight is 341 g/mol. The van der Waals surface area contributed by atoms with Gasteiger partial charge in [0.2, 0.25) is 0 Å². The summed E-state index contributed by atoms with van der Waals surface area (Å²) in [5.41, 5.74) is -0.247. The number of hydrogen-bond donors (Lipinski definition) is 1. The lowest BCUT2D eigenvalue weighted by Gasteiger charge is -2.10. The van der Waals surface area contributed by atoms with Gasteiger partial charge in [0, 0.05) is 11.9 Å². The number of nitrogens with one attached hydrogen (secondary N) is 1.